The van der Waals surface area contributed by atoms with Crippen LogP contribution in [0.3, 0.4) is 0 Å². The van der Waals surface area contributed by atoms with Crippen molar-refractivity contribution in [1.82, 2.24) is 0 Å². The minimum atomic E-state index is -1.14. The van der Waals surface area contributed by atoms with Crippen molar-refractivity contribution >= 4 is 5.97 Å². The van der Waals surface area contributed by atoms with Crippen LogP contribution in [-0.2, 0) is 9.53 Å². The third kappa shape index (κ3) is 3.07. The monoisotopic (exact) mass is 223 g/mol. The highest BCUT2D eigenvalue weighted by Gasteiger charge is 2.30. The molecule has 1 N–H and O–H groups in total. The van der Waals surface area contributed by atoms with Crippen LogP contribution in [0.25, 0.3) is 4.85 Å². The summed E-state index contributed by atoms with van der Waals surface area (Å²) < 4.78 is 5.28. The van der Waals surface area contributed by atoms with Gasteiger partial charge in [-0.1, -0.05) is 19.9 Å². The molecule has 0 aromatic heterocycles. The van der Waals surface area contributed by atoms with Crippen molar-refractivity contribution in [2.75, 3.05) is 13.2 Å². The number of rotatable bonds is 3. The van der Waals surface area contributed by atoms with Crippen molar-refractivity contribution in [1.29, 1.82) is 0 Å². The van der Waals surface area contributed by atoms with E-state index in [1.165, 1.54) is 0 Å². The van der Waals surface area contributed by atoms with Gasteiger partial charge in [0.1, 0.15) is 0 Å². The van der Waals surface area contributed by atoms with E-state index in [0.717, 1.165) is 26.1 Å². The molecule has 0 atom stereocenters. The van der Waals surface area contributed by atoms with Gasteiger partial charge in [0.2, 0.25) is 0 Å². The predicted octanol–water partition coefficient (Wildman–Crippen LogP) is 2.33. The van der Waals surface area contributed by atoms with Crippen molar-refractivity contribution in [3.63, 3.8) is 0 Å². The highest BCUT2D eigenvalue weighted by atomic mass is 16.5. The third-order valence-electron chi connectivity index (χ3n) is 3.12. The predicted molar refractivity (Wildman–Crippen MR) is 59.6 cm³/mol. The molecular formula is C12H17NO3. The van der Waals surface area contributed by atoms with E-state index in [2.05, 4.69) is 4.85 Å². The van der Waals surface area contributed by atoms with Crippen LogP contribution in [0.1, 0.15) is 26.7 Å². The molecule has 0 saturated carbocycles. The summed E-state index contributed by atoms with van der Waals surface area (Å²) in [6, 6.07) is 0. The molecule has 1 aliphatic heterocycles. The SMILES string of the molecule is [C-]#[N+]C(=CC(C)(C)C1CCOCC1)C(=O)O. The van der Waals surface area contributed by atoms with Crippen molar-refractivity contribution < 1.29 is 14.6 Å². The van der Waals surface area contributed by atoms with Gasteiger partial charge in [0.15, 0.2) is 0 Å². The van der Waals surface area contributed by atoms with E-state index in [4.69, 9.17) is 16.4 Å². The van der Waals surface area contributed by atoms with Gasteiger partial charge in [0, 0.05) is 13.2 Å². The molecule has 1 aliphatic rings. The van der Waals surface area contributed by atoms with Crippen molar-refractivity contribution in [2.24, 2.45) is 11.3 Å². The quantitative estimate of drug-likeness (QED) is 0.590. The standard InChI is InChI=1S/C12H17NO3/c1-12(2,8-10(13-3)11(14)15)9-4-6-16-7-5-9/h8-9H,4-7H2,1-2H3,(H,14,15). The Bertz CT molecular complexity index is 333. The molecular weight excluding hydrogens is 206 g/mol. The lowest BCUT2D eigenvalue weighted by molar-refractivity contribution is -0.132. The fraction of sp³-hybridized carbons (Fsp3) is 0.667. The van der Waals surface area contributed by atoms with Crippen LogP contribution in [0.15, 0.2) is 11.8 Å². The van der Waals surface area contributed by atoms with Crippen LogP contribution >= 0.6 is 0 Å². The molecule has 0 aliphatic carbocycles. The van der Waals surface area contributed by atoms with Gasteiger partial charge in [0.25, 0.3) is 5.70 Å². The van der Waals surface area contributed by atoms with Gasteiger partial charge < -0.3 is 9.84 Å². The smallest absolute Gasteiger partial charge is 0.333 e. The first-order valence-electron chi connectivity index (χ1n) is 5.38. The highest BCUT2D eigenvalue weighted by molar-refractivity contribution is 5.88. The van der Waals surface area contributed by atoms with Gasteiger partial charge >= 0.3 is 5.97 Å². The number of hydrogen-bond donors (Lipinski definition) is 1. The number of aliphatic carboxylic acids is 1. The second-order valence-electron chi connectivity index (χ2n) is 4.65. The molecule has 1 rings (SSSR count). The van der Waals surface area contributed by atoms with E-state index in [0.29, 0.717) is 5.92 Å². The molecule has 0 spiro atoms. The molecule has 4 heteroatoms. The van der Waals surface area contributed by atoms with Crippen molar-refractivity contribution in [2.45, 2.75) is 26.7 Å². The van der Waals surface area contributed by atoms with Crippen molar-refractivity contribution in [3.05, 3.63) is 23.2 Å². The number of nitrogens with zero attached hydrogens (tertiary/aromatic N) is 1. The minimum Gasteiger partial charge on any atom is -0.486 e. The normalized spacial score (nSPS) is 19.2. The Morgan fingerprint density at radius 2 is 2.06 bits per heavy atom. The van der Waals surface area contributed by atoms with Gasteiger partial charge in [-0.25, -0.2) is 4.85 Å². The first kappa shape index (κ1) is 12.7. The van der Waals surface area contributed by atoms with E-state index in [1.807, 2.05) is 13.8 Å². The third-order valence-corrected chi connectivity index (χ3v) is 3.12. The maximum Gasteiger partial charge on any atom is 0.333 e. The number of carboxylic acid groups (broad SMARTS) is 1. The Balaban J connectivity index is 2.83. The maximum atomic E-state index is 10.8. The minimum absolute atomic E-state index is 0.184. The molecule has 0 radical (unpaired) electrons. The van der Waals surface area contributed by atoms with E-state index in [-0.39, 0.29) is 11.1 Å². The lowest BCUT2D eigenvalue weighted by atomic mass is 9.74. The number of carbonyl (C=O) groups is 1. The molecule has 88 valence electrons. The highest BCUT2D eigenvalue weighted by Crippen LogP contribution is 2.36. The second-order valence-corrected chi connectivity index (χ2v) is 4.65. The Labute approximate surface area is 95.7 Å². The molecule has 1 fully saturated rings. The zero-order valence-corrected chi connectivity index (χ0v) is 9.69. The lowest BCUT2D eigenvalue weighted by Gasteiger charge is -2.35. The molecule has 0 bridgehead atoms. The Morgan fingerprint density at radius 1 is 1.50 bits per heavy atom. The van der Waals surface area contributed by atoms with Crippen LogP contribution in [0.2, 0.25) is 0 Å². The topological polar surface area (TPSA) is 50.9 Å². The van der Waals surface area contributed by atoms with E-state index >= 15 is 0 Å². The molecule has 0 unspecified atom stereocenters. The van der Waals surface area contributed by atoms with Crippen molar-refractivity contribution in [3.8, 4) is 0 Å². The van der Waals surface area contributed by atoms with E-state index in [9.17, 15) is 4.79 Å². The lowest BCUT2D eigenvalue weighted by Crippen LogP contribution is -2.29. The van der Waals surface area contributed by atoms with E-state index < -0.39 is 5.97 Å². The molecule has 0 aromatic rings. The molecule has 1 heterocycles. The molecule has 0 amide bonds. The van der Waals surface area contributed by atoms with Gasteiger partial charge in [-0.15, -0.1) is 0 Å². The average molecular weight is 223 g/mol. The molecule has 4 nitrogen and oxygen atoms in total. The average Bonchev–Trinajstić information content (AvgIpc) is 2.27. The number of allylic oxidation sites excluding steroid dienone is 1. The number of ether oxygens (including phenoxy) is 1. The van der Waals surface area contributed by atoms with Gasteiger partial charge in [0.05, 0.1) is 6.57 Å². The largest absolute Gasteiger partial charge is 0.486 e. The number of carboxylic acids is 1. The van der Waals surface area contributed by atoms with Crippen LogP contribution in [0, 0.1) is 17.9 Å². The Morgan fingerprint density at radius 3 is 2.50 bits per heavy atom. The first-order chi connectivity index (χ1) is 7.47. The summed E-state index contributed by atoms with van der Waals surface area (Å²) in [7, 11) is 0. The first-order valence-corrected chi connectivity index (χ1v) is 5.38. The Kier molecular flexibility index (Phi) is 4.08. The van der Waals surface area contributed by atoms with E-state index in [1.54, 1.807) is 6.08 Å². The molecule has 1 saturated heterocycles. The fourth-order valence-electron chi connectivity index (χ4n) is 2.05. The van der Waals surface area contributed by atoms with Crippen LogP contribution in [-0.4, -0.2) is 24.3 Å². The summed E-state index contributed by atoms with van der Waals surface area (Å²) in [6.45, 7) is 12.3. The van der Waals surface area contributed by atoms with Gasteiger partial charge in [-0.05, 0) is 24.2 Å². The summed E-state index contributed by atoms with van der Waals surface area (Å²) in [5.74, 6) is -0.757. The summed E-state index contributed by atoms with van der Waals surface area (Å²) in [6.07, 6.45) is 3.43. The van der Waals surface area contributed by atoms with Crippen LogP contribution in [0.5, 0.6) is 0 Å². The summed E-state index contributed by atoms with van der Waals surface area (Å²) in [5, 5.41) is 8.83. The van der Waals surface area contributed by atoms with Gasteiger partial charge in [-0.2, -0.15) is 0 Å². The maximum absolute atomic E-state index is 10.8. The zero-order chi connectivity index (χ0) is 12.2. The zero-order valence-electron chi connectivity index (χ0n) is 9.69. The summed E-state index contributed by atoms with van der Waals surface area (Å²) >= 11 is 0. The van der Waals surface area contributed by atoms with Crippen LogP contribution < -0.4 is 0 Å². The fourth-order valence-corrected chi connectivity index (χ4v) is 2.05. The van der Waals surface area contributed by atoms with Gasteiger partial charge in [-0.3, -0.25) is 4.79 Å². The summed E-state index contributed by atoms with van der Waals surface area (Å²) in [5.41, 5.74) is -0.446. The summed E-state index contributed by atoms with van der Waals surface area (Å²) in [4.78, 5) is 13.8. The molecule has 16 heavy (non-hydrogen) atoms. The molecule has 0 aromatic carbocycles. The number of hydrogen-bond acceptors (Lipinski definition) is 2. The van der Waals surface area contributed by atoms with Crippen LogP contribution in [0.4, 0.5) is 0 Å². The second kappa shape index (κ2) is 5.13. The Hall–Kier alpha value is -1.34.